The zero-order valence-electron chi connectivity index (χ0n) is 10.9. The van der Waals surface area contributed by atoms with E-state index < -0.39 is 0 Å². The molecular formula is C12H22N4. The minimum Gasteiger partial charge on any atom is -0.341 e. The van der Waals surface area contributed by atoms with Gasteiger partial charge in [0.1, 0.15) is 0 Å². The Morgan fingerprint density at radius 2 is 2.19 bits per heavy atom. The van der Waals surface area contributed by atoms with Crippen LogP contribution in [0.25, 0.3) is 0 Å². The van der Waals surface area contributed by atoms with Gasteiger partial charge in [-0.2, -0.15) is 0 Å². The van der Waals surface area contributed by atoms with Gasteiger partial charge in [-0.15, -0.1) is 0 Å². The largest absolute Gasteiger partial charge is 0.341 e. The average Bonchev–Trinajstić information content (AvgIpc) is 2.30. The molecule has 0 aromatic carbocycles. The third-order valence-electron chi connectivity index (χ3n) is 3.00. The van der Waals surface area contributed by atoms with Gasteiger partial charge in [-0.25, -0.2) is 9.97 Å². The molecule has 1 rings (SSSR count). The number of nitrogens with zero attached hydrogens (tertiary/aromatic N) is 3. The molecule has 0 fully saturated rings. The van der Waals surface area contributed by atoms with Crippen LogP contribution in [0.5, 0.6) is 0 Å². The first-order chi connectivity index (χ1) is 7.60. The normalized spacial score (nSPS) is 12.6. The summed E-state index contributed by atoms with van der Waals surface area (Å²) < 4.78 is 0. The fraction of sp³-hybridized carbons (Fsp3) is 0.667. The van der Waals surface area contributed by atoms with Crippen LogP contribution in [0, 0.1) is 6.92 Å². The van der Waals surface area contributed by atoms with Crippen LogP contribution in [0.1, 0.15) is 31.5 Å². The van der Waals surface area contributed by atoms with Crippen LogP contribution < -0.4 is 10.2 Å². The smallest absolute Gasteiger partial charge is 0.225 e. The van der Waals surface area contributed by atoms with E-state index in [-0.39, 0.29) is 0 Å². The molecule has 0 bridgehead atoms. The number of aromatic nitrogens is 2. The topological polar surface area (TPSA) is 41.1 Å². The zero-order valence-corrected chi connectivity index (χ0v) is 10.9. The van der Waals surface area contributed by atoms with Gasteiger partial charge in [0.25, 0.3) is 0 Å². The zero-order chi connectivity index (χ0) is 12.1. The van der Waals surface area contributed by atoms with Crippen molar-refractivity contribution in [3.8, 4) is 0 Å². The molecule has 90 valence electrons. The molecule has 1 N–H and O–H groups in total. The molecule has 0 spiro atoms. The van der Waals surface area contributed by atoms with Crippen molar-refractivity contribution < 1.29 is 0 Å². The third kappa shape index (κ3) is 2.92. The second kappa shape index (κ2) is 5.80. The Bertz CT molecular complexity index is 338. The van der Waals surface area contributed by atoms with Crippen molar-refractivity contribution in [3.63, 3.8) is 0 Å². The summed E-state index contributed by atoms with van der Waals surface area (Å²) in [6.45, 7) is 7.20. The van der Waals surface area contributed by atoms with Crippen molar-refractivity contribution >= 4 is 5.95 Å². The van der Waals surface area contributed by atoms with Gasteiger partial charge in [-0.05, 0) is 27.3 Å². The summed E-state index contributed by atoms with van der Waals surface area (Å²) >= 11 is 0. The molecule has 1 aromatic rings. The minimum atomic E-state index is 0.467. The summed E-state index contributed by atoms with van der Waals surface area (Å²) in [5.41, 5.74) is 2.21. The first kappa shape index (κ1) is 12.9. The summed E-state index contributed by atoms with van der Waals surface area (Å²) in [5.74, 6) is 0.812. The molecule has 0 amide bonds. The Kier molecular flexibility index (Phi) is 4.68. The molecule has 0 aliphatic heterocycles. The molecule has 4 nitrogen and oxygen atoms in total. The number of aryl methyl sites for hydroxylation is 1. The number of hydrogen-bond acceptors (Lipinski definition) is 4. The van der Waals surface area contributed by atoms with Crippen molar-refractivity contribution in [1.82, 2.24) is 15.3 Å². The van der Waals surface area contributed by atoms with Crippen molar-refractivity contribution in [1.29, 1.82) is 0 Å². The molecule has 0 saturated carbocycles. The molecule has 0 radical (unpaired) electrons. The van der Waals surface area contributed by atoms with Crippen LogP contribution in [-0.2, 0) is 6.54 Å². The number of rotatable bonds is 5. The monoisotopic (exact) mass is 222 g/mol. The summed E-state index contributed by atoms with van der Waals surface area (Å²) in [6.07, 6.45) is 3.00. The van der Waals surface area contributed by atoms with Crippen LogP contribution in [0.4, 0.5) is 5.95 Å². The molecular weight excluding hydrogens is 200 g/mol. The molecule has 4 heteroatoms. The fourth-order valence-corrected chi connectivity index (χ4v) is 1.48. The van der Waals surface area contributed by atoms with Crippen molar-refractivity contribution in [2.24, 2.45) is 0 Å². The maximum atomic E-state index is 4.54. The second-order valence-corrected chi connectivity index (χ2v) is 4.18. The summed E-state index contributed by atoms with van der Waals surface area (Å²) in [6, 6.07) is 0.467. The van der Waals surface area contributed by atoms with E-state index in [1.165, 1.54) is 0 Å². The van der Waals surface area contributed by atoms with Gasteiger partial charge >= 0.3 is 0 Å². The van der Waals surface area contributed by atoms with Crippen LogP contribution in [0.2, 0.25) is 0 Å². The predicted molar refractivity (Wildman–Crippen MR) is 67.7 cm³/mol. The molecule has 0 aliphatic carbocycles. The lowest BCUT2D eigenvalue weighted by atomic mass is 10.2. The standard InChI is InChI=1S/C12H22N4/c1-6-9(2)16(5)12-14-8-11(7-13-4)10(3)15-12/h8-9,13H,6-7H2,1-5H3. The molecule has 1 unspecified atom stereocenters. The van der Waals surface area contributed by atoms with E-state index in [4.69, 9.17) is 0 Å². The summed E-state index contributed by atoms with van der Waals surface area (Å²) in [7, 11) is 3.97. The molecule has 0 aliphatic rings. The summed E-state index contributed by atoms with van der Waals surface area (Å²) in [5, 5.41) is 3.11. The van der Waals surface area contributed by atoms with Crippen molar-refractivity contribution in [3.05, 3.63) is 17.5 Å². The Hall–Kier alpha value is -1.16. The van der Waals surface area contributed by atoms with E-state index in [0.717, 1.165) is 30.2 Å². The lowest BCUT2D eigenvalue weighted by molar-refractivity contribution is 0.645. The Labute approximate surface area is 98.1 Å². The highest BCUT2D eigenvalue weighted by atomic mass is 15.2. The van der Waals surface area contributed by atoms with Gasteiger partial charge in [0.05, 0.1) is 0 Å². The maximum absolute atomic E-state index is 4.54. The van der Waals surface area contributed by atoms with Crippen molar-refractivity contribution in [2.45, 2.75) is 39.8 Å². The molecule has 0 saturated heterocycles. The molecule has 1 aromatic heterocycles. The fourth-order valence-electron chi connectivity index (χ4n) is 1.48. The van der Waals surface area contributed by atoms with E-state index in [1.807, 2.05) is 27.2 Å². The summed E-state index contributed by atoms with van der Waals surface area (Å²) in [4.78, 5) is 11.1. The lowest BCUT2D eigenvalue weighted by Crippen LogP contribution is -2.30. The van der Waals surface area contributed by atoms with Crippen LogP contribution in [0.3, 0.4) is 0 Å². The Morgan fingerprint density at radius 1 is 1.50 bits per heavy atom. The van der Waals surface area contributed by atoms with Gasteiger partial charge in [0, 0.05) is 37.1 Å². The highest BCUT2D eigenvalue weighted by Crippen LogP contribution is 2.13. The predicted octanol–water partition coefficient (Wildman–Crippen LogP) is 1.74. The lowest BCUT2D eigenvalue weighted by Gasteiger charge is -2.24. The van der Waals surface area contributed by atoms with Gasteiger partial charge in [0.15, 0.2) is 0 Å². The highest BCUT2D eigenvalue weighted by Gasteiger charge is 2.11. The quantitative estimate of drug-likeness (QED) is 0.824. The first-order valence-electron chi connectivity index (χ1n) is 5.80. The second-order valence-electron chi connectivity index (χ2n) is 4.18. The van der Waals surface area contributed by atoms with Crippen LogP contribution in [-0.4, -0.2) is 30.1 Å². The molecule has 1 atom stereocenters. The molecule has 1 heterocycles. The van der Waals surface area contributed by atoms with Crippen molar-refractivity contribution in [2.75, 3.05) is 19.0 Å². The van der Waals surface area contributed by atoms with E-state index in [9.17, 15) is 0 Å². The van der Waals surface area contributed by atoms with E-state index in [2.05, 4.69) is 34.0 Å². The SMILES string of the molecule is CCC(C)N(C)c1ncc(CNC)c(C)n1. The van der Waals surface area contributed by atoms with E-state index in [1.54, 1.807) is 0 Å². The Morgan fingerprint density at radius 3 is 2.69 bits per heavy atom. The molecule has 16 heavy (non-hydrogen) atoms. The maximum Gasteiger partial charge on any atom is 0.225 e. The van der Waals surface area contributed by atoms with E-state index in [0.29, 0.717) is 6.04 Å². The van der Waals surface area contributed by atoms with Gasteiger partial charge < -0.3 is 10.2 Å². The van der Waals surface area contributed by atoms with Crippen LogP contribution >= 0.6 is 0 Å². The first-order valence-corrected chi connectivity index (χ1v) is 5.80. The minimum absolute atomic E-state index is 0.467. The number of anilines is 1. The highest BCUT2D eigenvalue weighted by molar-refractivity contribution is 5.32. The average molecular weight is 222 g/mol. The third-order valence-corrected chi connectivity index (χ3v) is 3.00. The Balaban J connectivity index is 2.87. The van der Waals surface area contributed by atoms with E-state index >= 15 is 0 Å². The number of hydrogen-bond donors (Lipinski definition) is 1. The van der Waals surface area contributed by atoms with Gasteiger partial charge in [-0.1, -0.05) is 6.92 Å². The number of nitrogens with one attached hydrogen (secondary N) is 1. The van der Waals surface area contributed by atoms with Crippen LogP contribution in [0.15, 0.2) is 6.20 Å². The van der Waals surface area contributed by atoms with Gasteiger partial charge in [-0.3, -0.25) is 0 Å². The van der Waals surface area contributed by atoms with Gasteiger partial charge in [0.2, 0.25) is 5.95 Å².